The second kappa shape index (κ2) is 7.61. The van der Waals surface area contributed by atoms with Crippen molar-refractivity contribution in [1.29, 1.82) is 0 Å². The fourth-order valence-electron chi connectivity index (χ4n) is 2.91. The van der Waals surface area contributed by atoms with E-state index in [-0.39, 0.29) is 16.7 Å². The van der Waals surface area contributed by atoms with Gasteiger partial charge in [-0.25, -0.2) is 13.4 Å². The lowest BCUT2D eigenvalue weighted by atomic mass is 9.96. The minimum Gasteiger partial charge on any atom is -0.492 e. The van der Waals surface area contributed by atoms with E-state index in [0.29, 0.717) is 23.8 Å². The quantitative estimate of drug-likeness (QED) is 0.667. The second-order valence-electron chi connectivity index (χ2n) is 6.28. The topological polar surface area (TPSA) is 97.4 Å². The molecule has 9 heteroatoms. The summed E-state index contributed by atoms with van der Waals surface area (Å²) in [5, 5.41) is 4.81. The Morgan fingerprint density at radius 2 is 1.93 bits per heavy atom. The molecule has 0 spiro atoms. The molecule has 0 fully saturated rings. The van der Waals surface area contributed by atoms with Crippen molar-refractivity contribution in [2.24, 2.45) is 5.92 Å². The number of para-hydroxylation sites is 1. The smallest absolute Gasteiger partial charge is 0.263 e. The molecule has 2 aromatic carbocycles. The zero-order valence-electron chi connectivity index (χ0n) is 14.7. The van der Waals surface area contributed by atoms with Crippen molar-refractivity contribution >= 4 is 38.1 Å². The number of rotatable bonds is 5. The van der Waals surface area contributed by atoms with E-state index < -0.39 is 10.0 Å². The minimum atomic E-state index is -3.72. The van der Waals surface area contributed by atoms with Gasteiger partial charge in [0.05, 0.1) is 10.8 Å². The Morgan fingerprint density at radius 1 is 1.14 bits per heavy atom. The molecule has 0 unspecified atom stereocenters. The number of thiazole rings is 1. The van der Waals surface area contributed by atoms with Gasteiger partial charge in [-0.2, -0.15) is 0 Å². The van der Waals surface area contributed by atoms with Crippen molar-refractivity contribution in [3.05, 3.63) is 65.7 Å². The van der Waals surface area contributed by atoms with Gasteiger partial charge in [-0.3, -0.25) is 9.52 Å². The Hall–Kier alpha value is -2.91. The molecule has 7 nitrogen and oxygen atoms in total. The molecule has 28 heavy (non-hydrogen) atoms. The van der Waals surface area contributed by atoms with Gasteiger partial charge >= 0.3 is 0 Å². The number of benzene rings is 2. The van der Waals surface area contributed by atoms with E-state index in [1.165, 1.54) is 29.7 Å². The number of carbonyl (C=O) groups excluding carboxylic acids is 1. The number of ether oxygens (including phenoxy) is 1. The maximum absolute atomic E-state index is 12.5. The molecule has 1 amide bonds. The molecule has 3 aromatic rings. The molecule has 0 bridgehead atoms. The number of nitrogens with zero attached hydrogens (tertiary/aromatic N) is 1. The minimum absolute atomic E-state index is 0.0932. The molecule has 1 aromatic heterocycles. The normalized spacial score (nSPS) is 15.9. The van der Waals surface area contributed by atoms with E-state index in [1.54, 1.807) is 17.5 Å². The first-order valence-electron chi connectivity index (χ1n) is 8.55. The highest BCUT2D eigenvalue weighted by Crippen LogP contribution is 2.27. The standard InChI is InChI=1S/C19H17N3O4S2/c23-18(14-11-13-3-1-2-4-17(13)26-12-14)21-15-5-7-16(8-6-15)28(24,25)22-19-20-9-10-27-19/h1-10,14H,11-12H2,(H,20,22)(H,21,23)/t14-/m0/s1. The van der Waals surface area contributed by atoms with Crippen molar-refractivity contribution in [2.45, 2.75) is 11.3 Å². The zero-order chi connectivity index (χ0) is 19.6. The van der Waals surface area contributed by atoms with E-state index >= 15 is 0 Å². The van der Waals surface area contributed by atoms with Crippen LogP contribution in [0.3, 0.4) is 0 Å². The molecule has 0 saturated heterocycles. The summed E-state index contributed by atoms with van der Waals surface area (Å²) in [6.07, 6.45) is 2.13. The summed E-state index contributed by atoms with van der Waals surface area (Å²) in [5.41, 5.74) is 1.53. The van der Waals surface area contributed by atoms with Gasteiger partial charge < -0.3 is 10.1 Å². The lowest BCUT2D eigenvalue weighted by Gasteiger charge is -2.24. The van der Waals surface area contributed by atoms with Crippen LogP contribution in [0.2, 0.25) is 0 Å². The number of anilines is 2. The van der Waals surface area contributed by atoms with Crippen molar-refractivity contribution in [3.63, 3.8) is 0 Å². The van der Waals surface area contributed by atoms with E-state index in [1.807, 2.05) is 24.3 Å². The van der Waals surface area contributed by atoms with Gasteiger partial charge in [0.1, 0.15) is 12.4 Å². The average molecular weight is 415 g/mol. The summed E-state index contributed by atoms with van der Waals surface area (Å²) in [7, 11) is -3.72. The number of aromatic nitrogens is 1. The van der Waals surface area contributed by atoms with Crippen molar-refractivity contribution in [3.8, 4) is 5.75 Å². The maximum atomic E-state index is 12.5. The van der Waals surface area contributed by atoms with Crippen molar-refractivity contribution in [2.75, 3.05) is 16.6 Å². The zero-order valence-corrected chi connectivity index (χ0v) is 16.3. The molecule has 2 N–H and O–H groups in total. The molecule has 1 aliphatic heterocycles. The first-order chi connectivity index (χ1) is 13.5. The third-order valence-corrected chi connectivity index (χ3v) is 6.51. The van der Waals surface area contributed by atoms with Gasteiger partial charge in [-0.05, 0) is 42.3 Å². The summed E-state index contributed by atoms with van der Waals surface area (Å²) < 4.78 is 32.8. The van der Waals surface area contributed by atoms with E-state index in [4.69, 9.17) is 4.74 Å². The second-order valence-corrected chi connectivity index (χ2v) is 8.85. The number of hydrogen-bond donors (Lipinski definition) is 2. The number of sulfonamides is 1. The Kier molecular flexibility index (Phi) is 5.01. The largest absolute Gasteiger partial charge is 0.492 e. The lowest BCUT2D eigenvalue weighted by Crippen LogP contribution is -2.32. The van der Waals surface area contributed by atoms with Crippen LogP contribution in [0, 0.1) is 5.92 Å². The summed E-state index contributed by atoms with van der Waals surface area (Å²) in [6.45, 7) is 0.313. The van der Waals surface area contributed by atoms with Gasteiger partial charge in [0.15, 0.2) is 5.13 Å². The van der Waals surface area contributed by atoms with Gasteiger partial charge in [0.25, 0.3) is 10.0 Å². The SMILES string of the molecule is O=C(Nc1ccc(S(=O)(=O)Nc2nccs2)cc1)[C@@H]1COc2ccccc2C1. The Labute approximate surface area is 166 Å². The van der Waals surface area contributed by atoms with Gasteiger partial charge in [0, 0.05) is 17.3 Å². The predicted octanol–water partition coefficient (Wildman–Crippen LogP) is 3.13. The highest BCUT2D eigenvalue weighted by atomic mass is 32.2. The Bertz CT molecular complexity index is 1080. The van der Waals surface area contributed by atoms with Crippen LogP contribution in [0.4, 0.5) is 10.8 Å². The fraction of sp³-hybridized carbons (Fsp3) is 0.158. The molecular weight excluding hydrogens is 398 g/mol. The van der Waals surface area contributed by atoms with Crippen LogP contribution >= 0.6 is 11.3 Å². The summed E-state index contributed by atoms with van der Waals surface area (Å²) >= 11 is 1.20. The highest BCUT2D eigenvalue weighted by Gasteiger charge is 2.26. The van der Waals surface area contributed by atoms with Gasteiger partial charge in [-0.15, -0.1) is 11.3 Å². The predicted molar refractivity (Wildman–Crippen MR) is 107 cm³/mol. The van der Waals surface area contributed by atoms with Crippen LogP contribution in [0.25, 0.3) is 0 Å². The molecule has 4 rings (SSSR count). The summed E-state index contributed by atoms with van der Waals surface area (Å²) in [6, 6.07) is 13.7. The first-order valence-corrected chi connectivity index (χ1v) is 10.9. The van der Waals surface area contributed by atoms with Gasteiger partial charge in [0.2, 0.25) is 5.91 Å². The molecule has 0 saturated carbocycles. The van der Waals surface area contributed by atoms with Crippen molar-refractivity contribution in [1.82, 2.24) is 4.98 Å². The fourth-order valence-corrected chi connectivity index (χ4v) is 4.69. The average Bonchev–Trinajstić information content (AvgIpc) is 3.20. The monoisotopic (exact) mass is 415 g/mol. The van der Waals surface area contributed by atoms with Crippen LogP contribution in [-0.2, 0) is 21.2 Å². The third kappa shape index (κ3) is 4.00. The van der Waals surface area contributed by atoms with E-state index in [2.05, 4.69) is 15.0 Å². The van der Waals surface area contributed by atoms with Crippen LogP contribution < -0.4 is 14.8 Å². The summed E-state index contributed by atoms with van der Waals surface area (Å²) in [4.78, 5) is 16.5. The molecule has 0 aliphatic carbocycles. The molecular formula is C19H17N3O4S2. The maximum Gasteiger partial charge on any atom is 0.263 e. The van der Waals surface area contributed by atoms with Crippen LogP contribution in [0.15, 0.2) is 65.0 Å². The number of fused-ring (bicyclic) bond motifs is 1. The molecule has 1 aliphatic rings. The summed E-state index contributed by atoms with van der Waals surface area (Å²) in [5.74, 6) is 0.352. The molecule has 144 valence electrons. The first kappa shape index (κ1) is 18.5. The number of hydrogen-bond acceptors (Lipinski definition) is 6. The third-order valence-electron chi connectivity index (χ3n) is 4.34. The van der Waals surface area contributed by atoms with Crippen molar-refractivity contribution < 1.29 is 17.9 Å². The van der Waals surface area contributed by atoms with Crippen LogP contribution in [0.5, 0.6) is 5.75 Å². The Morgan fingerprint density at radius 3 is 2.68 bits per heavy atom. The van der Waals surface area contributed by atoms with E-state index in [9.17, 15) is 13.2 Å². The number of amides is 1. The molecule has 2 heterocycles. The van der Waals surface area contributed by atoms with Gasteiger partial charge in [-0.1, -0.05) is 18.2 Å². The highest BCUT2D eigenvalue weighted by molar-refractivity contribution is 7.93. The van der Waals surface area contributed by atoms with Crippen LogP contribution in [0.1, 0.15) is 5.56 Å². The van der Waals surface area contributed by atoms with Crippen LogP contribution in [-0.4, -0.2) is 25.9 Å². The molecule has 1 atom stereocenters. The molecule has 0 radical (unpaired) electrons. The lowest BCUT2D eigenvalue weighted by molar-refractivity contribution is -0.121. The Balaban J connectivity index is 1.41. The number of nitrogens with one attached hydrogen (secondary N) is 2. The number of carbonyl (C=O) groups is 1. The van der Waals surface area contributed by atoms with E-state index in [0.717, 1.165) is 11.3 Å².